The van der Waals surface area contributed by atoms with Crippen LogP contribution in [-0.4, -0.2) is 36.1 Å². The van der Waals surface area contributed by atoms with Gasteiger partial charge >= 0.3 is 59.1 Å². The molecule has 0 fully saturated rings. The Kier molecular flexibility index (Phi) is 6.37. The molecule has 0 spiro atoms. The molecule has 0 aliphatic rings. The SMILES string of the molecule is [Na+].[Na+].n1n[n-]c([N-]c2nn[nH]n2)n1. The first-order valence-corrected chi connectivity index (χ1v) is 2.59. The molecule has 0 radical (unpaired) electrons. The minimum Gasteiger partial charge on any atom is -0.452 e. The molecule has 9 nitrogen and oxygen atoms in total. The van der Waals surface area contributed by atoms with E-state index in [-0.39, 0.29) is 71.0 Å². The molecule has 2 rings (SSSR count). The number of hydrogen-bond donors (Lipinski definition) is 1. The van der Waals surface area contributed by atoms with Crippen LogP contribution in [0.2, 0.25) is 0 Å². The van der Waals surface area contributed by atoms with Crippen molar-refractivity contribution in [3.63, 3.8) is 0 Å². The van der Waals surface area contributed by atoms with E-state index < -0.39 is 0 Å². The molecule has 0 bridgehead atoms. The number of nitrogens with zero attached hydrogens (tertiary/aromatic N) is 8. The summed E-state index contributed by atoms with van der Waals surface area (Å²) in [6.45, 7) is 0. The Labute approximate surface area is 116 Å². The van der Waals surface area contributed by atoms with Gasteiger partial charge in [0.2, 0.25) is 0 Å². The van der Waals surface area contributed by atoms with E-state index in [9.17, 15) is 0 Å². The van der Waals surface area contributed by atoms with Gasteiger partial charge in [0.25, 0.3) is 0 Å². The fourth-order valence-corrected chi connectivity index (χ4v) is 0.478. The third-order valence-electron chi connectivity index (χ3n) is 0.842. The minimum absolute atomic E-state index is 0. The van der Waals surface area contributed by atoms with Crippen LogP contribution in [0.15, 0.2) is 0 Å². The second-order valence-corrected chi connectivity index (χ2v) is 1.50. The van der Waals surface area contributed by atoms with Crippen LogP contribution in [0, 0.1) is 0 Å². The van der Waals surface area contributed by atoms with Crippen LogP contribution in [-0.2, 0) is 0 Å². The summed E-state index contributed by atoms with van der Waals surface area (Å²) in [7, 11) is 0. The smallest absolute Gasteiger partial charge is 0.452 e. The zero-order chi connectivity index (χ0) is 7.52. The van der Waals surface area contributed by atoms with E-state index in [0.29, 0.717) is 0 Å². The Hall–Kier alpha value is -0.0600. The van der Waals surface area contributed by atoms with Gasteiger partial charge in [0.1, 0.15) is 0 Å². The van der Waals surface area contributed by atoms with Crippen LogP contribution >= 0.6 is 0 Å². The fourth-order valence-electron chi connectivity index (χ4n) is 0.478. The number of tetrazole rings is 2. The Balaban J connectivity index is 0.000000720. The molecule has 2 aromatic heterocycles. The van der Waals surface area contributed by atoms with E-state index in [1.165, 1.54) is 0 Å². The van der Waals surface area contributed by atoms with Crippen LogP contribution in [0.5, 0.6) is 0 Å². The van der Waals surface area contributed by atoms with Crippen LogP contribution in [0.4, 0.5) is 11.9 Å². The number of H-pyrrole nitrogens is 1. The molecule has 56 valence electrons. The average molecular weight is 197 g/mol. The van der Waals surface area contributed by atoms with Crippen molar-refractivity contribution in [1.29, 1.82) is 0 Å². The Morgan fingerprint density at radius 3 is 2.62 bits per heavy atom. The van der Waals surface area contributed by atoms with Gasteiger partial charge in [-0.1, -0.05) is 11.2 Å². The summed E-state index contributed by atoms with van der Waals surface area (Å²) in [5, 5.41) is 29.6. The maximum absolute atomic E-state index is 3.70. The first kappa shape index (κ1) is 12.9. The summed E-state index contributed by atoms with van der Waals surface area (Å²) >= 11 is 0. The Bertz CT molecular complexity index is 268. The number of aromatic amines is 1. The van der Waals surface area contributed by atoms with Gasteiger partial charge in [0.15, 0.2) is 5.95 Å². The molecule has 0 amide bonds. The van der Waals surface area contributed by atoms with Gasteiger partial charge in [0.05, 0.1) is 0 Å². The van der Waals surface area contributed by atoms with E-state index in [4.69, 9.17) is 0 Å². The van der Waals surface area contributed by atoms with Gasteiger partial charge in [-0.3, -0.25) is 5.21 Å². The molecule has 13 heavy (non-hydrogen) atoms. The topological polar surface area (TPSA) is 121 Å². The van der Waals surface area contributed by atoms with Crippen LogP contribution in [0.3, 0.4) is 0 Å². The Morgan fingerprint density at radius 1 is 1.23 bits per heavy atom. The standard InChI is InChI=1S/C2HN9.2Na/c3(1-4-8-9-5-1)2-6-10-11-7-2;;/h(H-2,3,4,5,6,7,8,9,10,11);;/q-2;2*+1. The summed E-state index contributed by atoms with van der Waals surface area (Å²) in [4.78, 5) is 0. The maximum atomic E-state index is 3.70. The third-order valence-corrected chi connectivity index (χ3v) is 0.842. The van der Waals surface area contributed by atoms with Crippen molar-refractivity contribution in [3.8, 4) is 0 Å². The number of nitrogens with one attached hydrogen (secondary N) is 1. The van der Waals surface area contributed by atoms with Gasteiger partial charge in [-0.05, 0) is 0 Å². The zero-order valence-electron chi connectivity index (χ0n) is 7.08. The molecule has 2 heterocycles. The molecule has 11 heteroatoms. The predicted molar refractivity (Wildman–Crippen MR) is 30.0 cm³/mol. The van der Waals surface area contributed by atoms with E-state index in [0.717, 1.165) is 0 Å². The van der Waals surface area contributed by atoms with E-state index in [2.05, 4.69) is 46.6 Å². The van der Waals surface area contributed by atoms with Crippen LogP contribution in [0.25, 0.3) is 5.32 Å². The largest absolute Gasteiger partial charge is 1.00 e. The van der Waals surface area contributed by atoms with Gasteiger partial charge in [-0.2, -0.15) is 5.21 Å². The minimum atomic E-state index is 0. The molecular weight excluding hydrogens is 196 g/mol. The molecule has 0 aromatic carbocycles. The van der Waals surface area contributed by atoms with Crippen molar-refractivity contribution in [2.45, 2.75) is 0 Å². The van der Waals surface area contributed by atoms with Crippen molar-refractivity contribution >= 4 is 11.9 Å². The van der Waals surface area contributed by atoms with Crippen molar-refractivity contribution in [2.24, 2.45) is 0 Å². The third kappa shape index (κ3) is 3.67. The normalized spacial score (nSPS) is 8.31. The number of rotatable bonds is 2. The van der Waals surface area contributed by atoms with Crippen LogP contribution < -0.4 is 64.2 Å². The van der Waals surface area contributed by atoms with E-state index in [1.54, 1.807) is 0 Å². The first-order valence-electron chi connectivity index (χ1n) is 2.59. The predicted octanol–water partition coefficient (Wildman–Crippen LogP) is -7.31. The maximum Gasteiger partial charge on any atom is 1.00 e. The van der Waals surface area contributed by atoms with E-state index >= 15 is 0 Å². The molecule has 0 aliphatic heterocycles. The number of aromatic nitrogens is 8. The summed E-state index contributed by atoms with van der Waals surface area (Å²) in [6, 6.07) is 0. The molecule has 0 atom stereocenters. The molecule has 1 N–H and O–H groups in total. The van der Waals surface area contributed by atoms with Crippen molar-refractivity contribution in [1.82, 2.24) is 41.2 Å². The molecule has 2 aromatic rings. The molecule has 0 saturated carbocycles. The summed E-state index contributed by atoms with van der Waals surface area (Å²) in [6.07, 6.45) is 0. The fraction of sp³-hybridized carbons (Fsp3) is 0. The van der Waals surface area contributed by atoms with Gasteiger partial charge in [-0.25, -0.2) is 0 Å². The summed E-state index contributed by atoms with van der Waals surface area (Å²) in [5.41, 5.74) is 0. The second-order valence-electron chi connectivity index (χ2n) is 1.50. The monoisotopic (exact) mass is 197 g/mol. The zero-order valence-corrected chi connectivity index (χ0v) is 11.1. The average Bonchev–Trinajstić information content (AvgIpc) is 2.60. The van der Waals surface area contributed by atoms with Crippen molar-refractivity contribution in [3.05, 3.63) is 5.32 Å². The molecular formula is C2HN9Na2. The first-order chi connectivity index (χ1) is 5.45. The second kappa shape index (κ2) is 6.40. The van der Waals surface area contributed by atoms with Crippen LogP contribution in [0.1, 0.15) is 0 Å². The summed E-state index contributed by atoms with van der Waals surface area (Å²) in [5.74, 6) is 0.270. The van der Waals surface area contributed by atoms with Crippen molar-refractivity contribution in [2.75, 3.05) is 0 Å². The molecule has 0 unspecified atom stereocenters. The van der Waals surface area contributed by atoms with Crippen molar-refractivity contribution < 1.29 is 59.1 Å². The summed E-state index contributed by atoms with van der Waals surface area (Å²) < 4.78 is 0. The van der Waals surface area contributed by atoms with Gasteiger partial charge < -0.3 is 20.7 Å². The molecule has 0 saturated heterocycles. The van der Waals surface area contributed by atoms with Gasteiger partial charge in [-0.15, -0.1) is 10.2 Å². The quantitative estimate of drug-likeness (QED) is 0.474. The van der Waals surface area contributed by atoms with Gasteiger partial charge in [0, 0.05) is 0 Å². The number of hydrogen-bond acceptors (Lipinski definition) is 6. The molecule has 0 aliphatic carbocycles. The van der Waals surface area contributed by atoms with E-state index in [1.807, 2.05) is 0 Å². The Morgan fingerprint density at radius 2 is 2.08 bits per heavy atom.